The van der Waals surface area contributed by atoms with Crippen molar-refractivity contribution in [3.8, 4) is 0 Å². The zero-order valence-electron chi connectivity index (χ0n) is 13.4. The number of fused-ring (bicyclic) bond motifs is 1. The number of carbonyl (C=O) groups is 1. The Morgan fingerprint density at radius 2 is 1.87 bits per heavy atom. The first kappa shape index (κ1) is 16.3. The van der Waals surface area contributed by atoms with Crippen LogP contribution in [0.4, 0.5) is 0 Å². The number of nitrogens with one attached hydrogen (secondary N) is 1. The minimum atomic E-state index is -0.611. The van der Waals surface area contributed by atoms with Crippen LogP contribution in [0.25, 0.3) is 10.8 Å². The van der Waals surface area contributed by atoms with Crippen molar-refractivity contribution >= 4 is 28.4 Å². The third-order valence-electron chi connectivity index (χ3n) is 4.62. The van der Waals surface area contributed by atoms with Gasteiger partial charge in [-0.15, -0.1) is 0 Å². The molecule has 0 aliphatic heterocycles. The van der Waals surface area contributed by atoms with Gasteiger partial charge in [-0.2, -0.15) is 11.8 Å². The van der Waals surface area contributed by atoms with Crippen molar-refractivity contribution in [3.05, 3.63) is 48.0 Å². The van der Waals surface area contributed by atoms with Crippen LogP contribution in [0.1, 0.15) is 31.2 Å². The summed E-state index contributed by atoms with van der Waals surface area (Å²) in [6.45, 7) is 0.688. The van der Waals surface area contributed by atoms with E-state index in [1.807, 2.05) is 11.8 Å². The molecule has 3 nitrogen and oxygen atoms in total. The largest absolute Gasteiger partial charge is 0.354 e. The Morgan fingerprint density at radius 1 is 1.13 bits per heavy atom. The van der Waals surface area contributed by atoms with Crippen molar-refractivity contribution in [1.29, 1.82) is 0 Å². The lowest BCUT2D eigenvalue weighted by molar-refractivity contribution is -0.126. The fourth-order valence-corrected chi connectivity index (χ4v) is 4.11. The number of rotatable bonds is 6. The first-order valence-corrected chi connectivity index (χ1v) is 9.46. The van der Waals surface area contributed by atoms with Gasteiger partial charge in [0.05, 0.1) is 5.54 Å². The van der Waals surface area contributed by atoms with Crippen LogP contribution in [-0.4, -0.2) is 23.7 Å². The molecule has 0 radical (unpaired) electrons. The average molecular weight is 328 g/mol. The second-order valence-electron chi connectivity index (χ2n) is 6.31. The highest BCUT2D eigenvalue weighted by molar-refractivity contribution is 7.98. The van der Waals surface area contributed by atoms with E-state index in [4.69, 9.17) is 5.73 Å². The Morgan fingerprint density at radius 3 is 2.70 bits per heavy atom. The molecule has 1 fully saturated rings. The molecule has 0 atom stereocenters. The van der Waals surface area contributed by atoms with Crippen molar-refractivity contribution in [1.82, 2.24) is 5.32 Å². The standard InChI is InChI=1S/C19H24N2OS/c20-19(10-3-4-11-19)18(22)21-12-13-23-14-16-8-5-7-15-6-1-2-9-17(15)16/h1-2,5-9H,3-4,10-14,20H2,(H,21,22). The number of benzene rings is 2. The van der Waals surface area contributed by atoms with E-state index in [2.05, 4.69) is 47.8 Å². The van der Waals surface area contributed by atoms with E-state index in [0.717, 1.165) is 37.2 Å². The number of amides is 1. The van der Waals surface area contributed by atoms with Crippen LogP contribution in [0.3, 0.4) is 0 Å². The van der Waals surface area contributed by atoms with Gasteiger partial charge < -0.3 is 11.1 Å². The summed E-state index contributed by atoms with van der Waals surface area (Å²) in [4.78, 5) is 12.1. The molecule has 2 aromatic carbocycles. The van der Waals surface area contributed by atoms with E-state index in [-0.39, 0.29) is 5.91 Å². The minimum absolute atomic E-state index is 0.0285. The lowest BCUT2D eigenvalue weighted by atomic mass is 9.98. The Hall–Kier alpha value is -1.52. The van der Waals surface area contributed by atoms with Crippen LogP contribution < -0.4 is 11.1 Å². The third-order valence-corrected chi connectivity index (χ3v) is 5.63. The number of thioether (sulfide) groups is 1. The van der Waals surface area contributed by atoms with Gasteiger partial charge in [0.15, 0.2) is 0 Å². The van der Waals surface area contributed by atoms with E-state index in [0.29, 0.717) is 6.54 Å². The predicted octanol–water partition coefficient (Wildman–Crippen LogP) is 3.46. The van der Waals surface area contributed by atoms with Crippen LogP contribution >= 0.6 is 11.8 Å². The molecule has 0 unspecified atom stereocenters. The zero-order chi connectivity index (χ0) is 16.1. The normalized spacial score (nSPS) is 16.6. The Kier molecular flexibility index (Phi) is 5.23. The summed E-state index contributed by atoms with van der Waals surface area (Å²) in [5.74, 6) is 1.90. The van der Waals surface area contributed by atoms with Gasteiger partial charge in [0, 0.05) is 18.1 Å². The summed E-state index contributed by atoms with van der Waals surface area (Å²) in [6, 6.07) is 14.9. The van der Waals surface area contributed by atoms with Crippen molar-refractivity contribution < 1.29 is 4.79 Å². The summed E-state index contributed by atoms with van der Waals surface area (Å²) >= 11 is 1.85. The van der Waals surface area contributed by atoms with Crippen LogP contribution in [0.5, 0.6) is 0 Å². The maximum Gasteiger partial charge on any atom is 0.240 e. The molecule has 122 valence electrons. The van der Waals surface area contributed by atoms with E-state index >= 15 is 0 Å². The Labute approximate surface area is 142 Å². The lowest BCUT2D eigenvalue weighted by Crippen LogP contribution is -2.52. The molecule has 1 amide bonds. The van der Waals surface area contributed by atoms with Gasteiger partial charge in [0.25, 0.3) is 0 Å². The van der Waals surface area contributed by atoms with Crippen LogP contribution in [0, 0.1) is 0 Å². The second-order valence-corrected chi connectivity index (χ2v) is 7.42. The van der Waals surface area contributed by atoms with Crippen molar-refractivity contribution in [2.75, 3.05) is 12.3 Å². The van der Waals surface area contributed by atoms with E-state index in [9.17, 15) is 4.79 Å². The van der Waals surface area contributed by atoms with Crippen LogP contribution in [-0.2, 0) is 10.5 Å². The predicted molar refractivity (Wildman–Crippen MR) is 98.5 cm³/mol. The maximum absolute atomic E-state index is 12.1. The molecule has 2 aromatic rings. The van der Waals surface area contributed by atoms with Gasteiger partial charge in [-0.1, -0.05) is 55.3 Å². The minimum Gasteiger partial charge on any atom is -0.354 e. The smallest absolute Gasteiger partial charge is 0.240 e. The van der Waals surface area contributed by atoms with Gasteiger partial charge >= 0.3 is 0 Å². The first-order chi connectivity index (χ1) is 11.2. The number of hydrogen-bond acceptors (Lipinski definition) is 3. The Bertz CT molecular complexity index is 675. The van der Waals surface area contributed by atoms with Crippen LogP contribution in [0.15, 0.2) is 42.5 Å². The van der Waals surface area contributed by atoms with E-state index in [1.165, 1.54) is 16.3 Å². The molecule has 4 heteroatoms. The number of nitrogens with two attached hydrogens (primary N) is 1. The van der Waals surface area contributed by atoms with Gasteiger partial charge in [0.2, 0.25) is 5.91 Å². The molecule has 23 heavy (non-hydrogen) atoms. The second kappa shape index (κ2) is 7.37. The SMILES string of the molecule is NC1(C(=O)NCCSCc2cccc3ccccc23)CCCC1. The monoisotopic (exact) mass is 328 g/mol. The molecule has 1 saturated carbocycles. The molecule has 3 rings (SSSR count). The van der Waals surface area contributed by atoms with E-state index in [1.54, 1.807) is 0 Å². The van der Waals surface area contributed by atoms with E-state index < -0.39 is 5.54 Å². The zero-order valence-corrected chi connectivity index (χ0v) is 14.2. The fraction of sp³-hybridized carbons (Fsp3) is 0.421. The highest BCUT2D eigenvalue weighted by Gasteiger charge is 2.36. The van der Waals surface area contributed by atoms with Gasteiger partial charge in [-0.05, 0) is 29.2 Å². The molecule has 0 bridgehead atoms. The molecule has 0 aromatic heterocycles. The van der Waals surface area contributed by atoms with Gasteiger partial charge in [-0.25, -0.2) is 0 Å². The summed E-state index contributed by atoms with van der Waals surface area (Å²) in [5.41, 5.74) is 6.89. The molecular formula is C19H24N2OS. The first-order valence-electron chi connectivity index (χ1n) is 8.31. The highest BCUT2D eigenvalue weighted by Crippen LogP contribution is 2.27. The molecule has 0 heterocycles. The average Bonchev–Trinajstić information content (AvgIpc) is 3.02. The third kappa shape index (κ3) is 3.88. The fourth-order valence-electron chi connectivity index (χ4n) is 3.25. The topological polar surface area (TPSA) is 55.1 Å². The summed E-state index contributed by atoms with van der Waals surface area (Å²) < 4.78 is 0. The van der Waals surface area contributed by atoms with Crippen molar-refractivity contribution in [2.24, 2.45) is 5.73 Å². The molecule has 0 spiro atoms. The highest BCUT2D eigenvalue weighted by atomic mass is 32.2. The van der Waals surface area contributed by atoms with Gasteiger partial charge in [0.1, 0.15) is 0 Å². The molecule has 0 saturated heterocycles. The van der Waals surface area contributed by atoms with Crippen molar-refractivity contribution in [3.63, 3.8) is 0 Å². The molecule has 1 aliphatic rings. The lowest BCUT2D eigenvalue weighted by Gasteiger charge is -2.22. The van der Waals surface area contributed by atoms with Crippen molar-refractivity contribution in [2.45, 2.75) is 37.0 Å². The molecule has 1 aliphatic carbocycles. The Balaban J connectivity index is 1.45. The summed E-state index contributed by atoms with van der Waals surface area (Å²) in [5, 5.41) is 5.60. The summed E-state index contributed by atoms with van der Waals surface area (Å²) in [7, 11) is 0. The maximum atomic E-state index is 12.1. The summed E-state index contributed by atoms with van der Waals surface area (Å²) in [6.07, 6.45) is 3.78. The molecule has 3 N–H and O–H groups in total. The quantitative estimate of drug-likeness (QED) is 0.799. The van der Waals surface area contributed by atoms with Crippen LogP contribution in [0.2, 0.25) is 0 Å². The number of carbonyl (C=O) groups excluding carboxylic acids is 1. The number of hydrogen-bond donors (Lipinski definition) is 2. The molecular weight excluding hydrogens is 304 g/mol. The van der Waals surface area contributed by atoms with Gasteiger partial charge in [-0.3, -0.25) is 4.79 Å².